The number of allylic oxidation sites excluding steroid dienone is 2. The van der Waals surface area contributed by atoms with Gasteiger partial charge in [-0.05, 0) is 81.5 Å². The summed E-state index contributed by atoms with van der Waals surface area (Å²) in [5.74, 6) is 0.482. The predicted octanol–water partition coefficient (Wildman–Crippen LogP) is 7.78. The van der Waals surface area contributed by atoms with E-state index in [2.05, 4.69) is 4.98 Å². The van der Waals surface area contributed by atoms with E-state index in [-0.39, 0.29) is 24.4 Å². The quantitative estimate of drug-likeness (QED) is 0.106. The number of hydrogen-bond acceptors (Lipinski definition) is 7. The molecule has 2 aromatic carbocycles. The molecule has 42 heavy (non-hydrogen) atoms. The van der Waals surface area contributed by atoms with E-state index in [1.54, 1.807) is 38.1 Å². The van der Waals surface area contributed by atoms with Crippen LogP contribution in [0.2, 0.25) is 0 Å². The van der Waals surface area contributed by atoms with Gasteiger partial charge in [0.25, 0.3) is 0 Å². The molecule has 0 bridgehead atoms. The lowest BCUT2D eigenvalue weighted by molar-refractivity contribution is -0.138. The number of aromatic nitrogens is 1. The van der Waals surface area contributed by atoms with Gasteiger partial charge < -0.3 is 20.0 Å². The standard InChI is InChI=1S/C27H29FN2O3S.C7H12O/c1-4-32-27(31)19(3)13-18(2)14-22-17-34-26(30-22)25(29)15-20-9-11-23(12-10-20)33-16-21-7-5-6-8-24(21)28;8-6-7-4-2-1-3-5-7/h5-14,17,25H,4,15-16,29H2,1-3H3;6-7H,1-5H2/b18-14+,19-13-;. The van der Waals surface area contributed by atoms with Gasteiger partial charge >= 0.3 is 5.97 Å². The fraction of sp³-hybridized carbons (Fsp3) is 0.382. The van der Waals surface area contributed by atoms with Crippen molar-refractivity contribution in [2.75, 3.05) is 6.61 Å². The maximum atomic E-state index is 13.7. The zero-order valence-electron chi connectivity index (χ0n) is 24.7. The Morgan fingerprint density at radius 2 is 1.83 bits per heavy atom. The molecular weight excluding hydrogens is 551 g/mol. The summed E-state index contributed by atoms with van der Waals surface area (Å²) in [4.78, 5) is 26.6. The molecule has 1 unspecified atom stereocenters. The minimum absolute atomic E-state index is 0.175. The maximum absolute atomic E-state index is 13.7. The zero-order chi connectivity index (χ0) is 30.3. The van der Waals surface area contributed by atoms with E-state index in [9.17, 15) is 14.0 Å². The van der Waals surface area contributed by atoms with Crippen LogP contribution in [0, 0.1) is 11.7 Å². The number of aldehydes is 1. The highest BCUT2D eigenvalue weighted by atomic mass is 32.1. The summed E-state index contributed by atoms with van der Waals surface area (Å²) in [6, 6.07) is 14.0. The molecular formula is C34H41FN2O4S. The summed E-state index contributed by atoms with van der Waals surface area (Å²) in [6.07, 6.45) is 11.6. The number of carbonyl (C=O) groups is 2. The van der Waals surface area contributed by atoms with Crippen LogP contribution in [0.25, 0.3) is 6.08 Å². The van der Waals surface area contributed by atoms with Gasteiger partial charge in [0.1, 0.15) is 29.5 Å². The molecule has 3 aromatic rings. The highest BCUT2D eigenvalue weighted by Crippen LogP contribution is 2.24. The second kappa shape index (κ2) is 17.4. The topological polar surface area (TPSA) is 91.5 Å². The number of ether oxygens (including phenoxy) is 2. The van der Waals surface area contributed by atoms with Gasteiger partial charge in [-0.25, -0.2) is 14.2 Å². The van der Waals surface area contributed by atoms with E-state index in [4.69, 9.17) is 15.2 Å². The third-order valence-electron chi connectivity index (χ3n) is 6.85. The Balaban J connectivity index is 0.000000521. The average molecular weight is 593 g/mol. The molecule has 6 nitrogen and oxygen atoms in total. The van der Waals surface area contributed by atoms with Gasteiger partial charge in [-0.15, -0.1) is 11.3 Å². The molecule has 2 N–H and O–H groups in total. The van der Waals surface area contributed by atoms with Crippen molar-refractivity contribution < 1.29 is 23.5 Å². The molecule has 0 saturated heterocycles. The van der Waals surface area contributed by atoms with E-state index in [0.717, 1.165) is 41.0 Å². The number of benzene rings is 2. The number of halogens is 1. The summed E-state index contributed by atoms with van der Waals surface area (Å²) < 4.78 is 24.4. The summed E-state index contributed by atoms with van der Waals surface area (Å²) in [6.45, 7) is 5.95. The first-order chi connectivity index (χ1) is 20.3. The van der Waals surface area contributed by atoms with Gasteiger partial charge in [0.15, 0.2) is 0 Å². The first kappa shape index (κ1) is 32.9. The largest absolute Gasteiger partial charge is 0.489 e. The first-order valence-electron chi connectivity index (χ1n) is 14.4. The Hall–Kier alpha value is -3.62. The maximum Gasteiger partial charge on any atom is 0.333 e. The van der Waals surface area contributed by atoms with Crippen LogP contribution in [-0.4, -0.2) is 23.8 Å². The minimum atomic E-state index is -0.320. The highest BCUT2D eigenvalue weighted by Gasteiger charge is 2.13. The number of esters is 1. The SMILES string of the molecule is CCOC(=O)/C(C)=C\C(C)=C\c1csc(C(N)Cc2ccc(OCc3ccccc3F)cc2)n1.O=CC1CCCCC1. The molecule has 1 aliphatic carbocycles. The summed E-state index contributed by atoms with van der Waals surface area (Å²) in [7, 11) is 0. The van der Waals surface area contributed by atoms with Gasteiger partial charge in [-0.1, -0.05) is 49.6 Å². The van der Waals surface area contributed by atoms with Crippen molar-refractivity contribution in [3.05, 3.63) is 98.8 Å². The van der Waals surface area contributed by atoms with Crippen molar-refractivity contribution >= 4 is 29.7 Å². The second-order valence-corrected chi connectivity index (χ2v) is 11.3. The number of carbonyl (C=O) groups excluding carboxylic acids is 2. The average Bonchev–Trinajstić information content (AvgIpc) is 3.47. The van der Waals surface area contributed by atoms with Crippen molar-refractivity contribution in [2.24, 2.45) is 11.7 Å². The lowest BCUT2D eigenvalue weighted by Crippen LogP contribution is -2.13. The van der Waals surface area contributed by atoms with Gasteiger partial charge in [0.2, 0.25) is 0 Å². The molecule has 1 heterocycles. The number of hydrogen-bond donors (Lipinski definition) is 1. The Labute approximate surface area is 252 Å². The Morgan fingerprint density at radius 3 is 2.48 bits per heavy atom. The molecule has 0 radical (unpaired) electrons. The van der Waals surface area contributed by atoms with Crippen LogP contribution in [0.15, 0.2) is 71.1 Å². The first-order valence-corrected chi connectivity index (χ1v) is 15.3. The van der Waals surface area contributed by atoms with Crippen LogP contribution in [-0.2, 0) is 27.4 Å². The van der Waals surface area contributed by atoms with Crippen molar-refractivity contribution in [2.45, 2.75) is 71.9 Å². The van der Waals surface area contributed by atoms with Gasteiger partial charge in [0.05, 0.1) is 18.3 Å². The molecule has 4 rings (SSSR count). The van der Waals surface area contributed by atoms with E-state index >= 15 is 0 Å². The summed E-state index contributed by atoms with van der Waals surface area (Å²) in [5.41, 5.74) is 10.2. The number of nitrogens with two attached hydrogens (primary N) is 1. The molecule has 224 valence electrons. The van der Waals surface area contributed by atoms with Crippen molar-refractivity contribution in [3.63, 3.8) is 0 Å². The van der Waals surface area contributed by atoms with Crippen LogP contribution in [0.4, 0.5) is 4.39 Å². The lowest BCUT2D eigenvalue weighted by atomic mass is 9.91. The van der Waals surface area contributed by atoms with E-state index in [1.807, 2.05) is 42.6 Å². The van der Waals surface area contributed by atoms with Crippen molar-refractivity contribution in [1.82, 2.24) is 4.98 Å². The Kier molecular flexibility index (Phi) is 13.6. The zero-order valence-corrected chi connectivity index (χ0v) is 25.5. The molecule has 1 aromatic heterocycles. The monoisotopic (exact) mass is 592 g/mol. The summed E-state index contributed by atoms with van der Waals surface area (Å²) >= 11 is 1.51. The van der Waals surface area contributed by atoms with Crippen LogP contribution in [0.5, 0.6) is 5.75 Å². The number of rotatable bonds is 11. The normalized spacial score (nSPS) is 14.9. The molecule has 1 aliphatic rings. The Bertz CT molecular complexity index is 1340. The van der Waals surface area contributed by atoms with Crippen molar-refractivity contribution in [1.29, 1.82) is 0 Å². The molecule has 1 fully saturated rings. The van der Waals surface area contributed by atoms with E-state index in [0.29, 0.717) is 35.8 Å². The summed E-state index contributed by atoms with van der Waals surface area (Å²) in [5, 5.41) is 2.79. The minimum Gasteiger partial charge on any atom is -0.489 e. The van der Waals surface area contributed by atoms with Gasteiger partial charge in [-0.3, -0.25) is 0 Å². The van der Waals surface area contributed by atoms with E-state index in [1.165, 1.54) is 36.7 Å². The smallest absolute Gasteiger partial charge is 0.333 e. The molecule has 0 aliphatic heterocycles. The third-order valence-corrected chi connectivity index (χ3v) is 7.84. The van der Waals surface area contributed by atoms with Gasteiger partial charge in [-0.2, -0.15) is 0 Å². The third kappa shape index (κ3) is 11.0. The van der Waals surface area contributed by atoms with Crippen LogP contribution < -0.4 is 10.5 Å². The molecule has 1 atom stereocenters. The second-order valence-electron chi connectivity index (χ2n) is 10.4. The predicted molar refractivity (Wildman–Crippen MR) is 167 cm³/mol. The fourth-order valence-corrected chi connectivity index (χ4v) is 5.35. The molecule has 0 spiro atoms. The van der Waals surface area contributed by atoms with Crippen LogP contribution >= 0.6 is 11.3 Å². The van der Waals surface area contributed by atoms with Crippen LogP contribution in [0.3, 0.4) is 0 Å². The van der Waals surface area contributed by atoms with Crippen molar-refractivity contribution in [3.8, 4) is 5.75 Å². The molecule has 0 amide bonds. The van der Waals surface area contributed by atoms with Crippen LogP contribution in [0.1, 0.15) is 80.7 Å². The van der Waals surface area contributed by atoms with Gasteiger partial charge in [0, 0.05) is 22.4 Å². The Morgan fingerprint density at radius 1 is 1.12 bits per heavy atom. The molecule has 8 heteroatoms. The number of nitrogens with zero attached hydrogens (tertiary/aromatic N) is 1. The number of thiazole rings is 1. The highest BCUT2D eigenvalue weighted by molar-refractivity contribution is 7.09. The molecule has 1 saturated carbocycles. The van der Waals surface area contributed by atoms with E-state index < -0.39 is 0 Å². The lowest BCUT2D eigenvalue weighted by Gasteiger charge is -2.14. The fourth-order valence-electron chi connectivity index (χ4n) is 4.57.